The summed E-state index contributed by atoms with van der Waals surface area (Å²) < 4.78 is 5.62. The third kappa shape index (κ3) is 5.27. The molecular weight excluding hydrogens is 162 g/mol. The Bertz CT molecular complexity index is 134. The van der Waals surface area contributed by atoms with Gasteiger partial charge in [0.05, 0.1) is 13.2 Å². The molecule has 2 nitrogen and oxygen atoms in total. The molecular formula is C11H23NO. The maximum Gasteiger partial charge on any atom is 0.0593 e. The summed E-state index contributed by atoms with van der Waals surface area (Å²) in [6.45, 7) is 12.1. The van der Waals surface area contributed by atoms with Gasteiger partial charge in [0, 0.05) is 6.54 Å². The zero-order chi connectivity index (χ0) is 9.73. The fraction of sp³-hybridized carbons (Fsp3) is 1.00. The number of hydrogen-bond donors (Lipinski definition) is 0. The summed E-state index contributed by atoms with van der Waals surface area (Å²) in [5.41, 5.74) is 0.311. The quantitative estimate of drug-likeness (QED) is 0.622. The van der Waals surface area contributed by atoms with E-state index >= 15 is 0 Å². The van der Waals surface area contributed by atoms with Crippen molar-refractivity contribution in [2.24, 2.45) is 5.41 Å². The Balaban J connectivity index is 1.94. The maximum atomic E-state index is 5.62. The molecule has 1 aliphatic heterocycles. The van der Waals surface area contributed by atoms with Crippen LogP contribution in [0.2, 0.25) is 0 Å². The third-order valence-corrected chi connectivity index (χ3v) is 2.29. The molecule has 2 heteroatoms. The Hall–Kier alpha value is -0.0800. The summed E-state index contributed by atoms with van der Waals surface area (Å²) in [6.07, 6.45) is 2.75. The maximum absolute atomic E-state index is 5.62. The van der Waals surface area contributed by atoms with Gasteiger partial charge in [-0.25, -0.2) is 0 Å². The van der Waals surface area contributed by atoms with Crippen LogP contribution in [0.25, 0.3) is 0 Å². The predicted octanol–water partition coefficient (Wildman–Crippen LogP) is 2.14. The molecule has 1 fully saturated rings. The van der Waals surface area contributed by atoms with Crippen LogP contribution in [0.5, 0.6) is 0 Å². The van der Waals surface area contributed by atoms with Crippen LogP contribution in [0.4, 0.5) is 0 Å². The van der Waals surface area contributed by atoms with E-state index in [1.54, 1.807) is 0 Å². The average molecular weight is 185 g/mol. The van der Waals surface area contributed by atoms with Crippen LogP contribution in [-0.4, -0.2) is 37.7 Å². The van der Waals surface area contributed by atoms with E-state index < -0.39 is 0 Å². The van der Waals surface area contributed by atoms with E-state index in [9.17, 15) is 0 Å². The molecule has 13 heavy (non-hydrogen) atoms. The molecule has 0 amide bonds. The molecule has 0 aliphatic carbocycles. The predicted molar refractivity (Wildman–Crippen MR) is 55.9 cm³/mol. The van der Waals surface area contributed by atoms with Crippen molar-refractivity contribution >= 4 is 0 Å². The van der Waals surface area contributed by atoms with Crippen molar-refractivity contribution in [1.82, 2.24) is 4.90 Å². The number of rotatable bonds is 4. The largest absolute Gasteiger partial charge is 0.380 e. The second kappa shape index (κ2) is 4.97. The average Bonchev–Trinajstić information content (AvgIpc) is 2.48. The van der Waals surface area contributed by atoms with Crippen LogP contribution in [-0.2, 0) is 4.74 Å². The van der Waals surface area contributed by atoms with Crippen LogP contribution in [0.1, 0.15) is 33.6 Å². The smallest absolute Gasteiger partial charge is 0.0593 e. The van der Waals surface area contributed by atoms with Crippen LogP contribution in [0.3, 0.4) is 0 Å². The molecule has 1 rings (SSSR count). The van der Waals surface area contributed by atoms with Gasteiger partial charge in [-0.05, 0) is 31.3 Å². The van der Waals surface area contributed by atoms with Crippen molar-refractivity contribution in [2.45, 2.75) is 33.6 Å². The Morgan fingerprint density at radius 3 is 2.31 bits per heavy atom. The first-order valence-corrected chi connectivity index (χ1v) is 5.38. The molecule has 1 aliphatic rings. The number of ether oxygens (including phenoxy) is 1. The van der Waals surface area contributed by atoms with Gasteiger partial charge in [0.15, 0.2) is 0 Å². The van der Waals surface area contributed by atoms with Gasteiger partial charge >= 0.3 is 0 Å². The summed E-state index contributed by atoms with van der Waals surface area (Å²) in [5.74, 6) is 0. The highest BCUT2D eigenvalue weighted by atomic mass is 16.5. The first-order valence-electron chi connectivity index (χ1n) is 5.38. The molecule has 0 bridgehead atoms. The highest BCUT2D eigenvalue weighted by molar-refractivity contribution is 4.65. The van der Waals surface area contributed by atoms with Crippen LogP contribution in [0, 0.1) is 5.41 Å². The Morgan fingerprint density at radius 2 is 1.77 bits per heavy atom. The van der Waals surface area contributed by atoms with E-state index in [0.29, 0.717) is 5.41 Å². The number of nitrogens with zero attached hydrogens (tertiary/aromatic N) is 1. The van der Waals surface area contributed by atoms with E-state index in [4.69, 9.17) is 4.74 Å². The molecule has 0 radical (unpaired) electrons. The topological polar surface area (TPSA) is 12.5 Å². The van der Waals surface area contributed by atoms with E-state index in [1.165, 1.54) is 25.9 Å². The van der Waals surface area contributed by atoms with Gasteiger partial charge in [-0.1, -0.05) is 20.8 Å². The molecule has 0 spiro atoms. The van der Waals surface area contributed by atoms with Gasteiger partial charge in [0.2, 0.25) is 0 Å². The van der Waals surface area contributed by atoms with Gasteiger partial charge < -0.3 is 9.64 Å². The first-order chi connectivity index (χ1) is 6.08. The summed E-state index contributed by atoms with van der Waals surface area (Å²) in [4.78, 5) is 2.49. The molecule has 0 N–H and O–H groups in total. The van der Waals surface area contributed by atoms with Gasteiger partial charge in [0.25, 0.3) is 0 Å². The van der Waals surface area contributed by atoms with Crippen molar-refractivity contribution < 1.29 is 4.74 Å². The van der Waals surface area contributed by atoms with E-state index in [0.717, 1.165) is 19.8 Å². The van der Waals surface area contributed by atoms with Crippen LogP contribution >= 0.6 is 0 Å². The molecule has 0 aromatic carbocycles. The minimum atomic E-state index is 0.311. The fourth-order valence-electron chi connectivity index (χ4n) is 1.58. The normalized spacial score (nSPS) is 19.6. The number of hydrogen-bond acceptors (Lipinski definition) is 2. The van der Waals surface area contributed by atoms with E-state index in [1.807, 2.05) is 0 Å². The van der Waals surface area contributed by atoms with Crippen molar-refractivity contribution in [2.75, 3.05) is 32.8 Å². The molecule has 0 aromatic rings. The van der Waals surface area contributed by atoms with E-state index in [2.05, 4.69) is 25.7 Å². The SMILES string of the molecule is CC(C)(C)COCCN1CCCC1. The molecule has 1 saturated heterocycles. The van der Waals surface area contributed by atoms with Crippen molar-refractivity contribution in [3.8, 4) is 0 Å². The zero-order valence-corrected chi connectivity index (χ0v) is 9.31. The molecule has 1 heterocycles. The molecule has 0 unspecified atom stereocenters. The van der Waals surface area contributed by atoms with Gasteiger partial charge in [-0.15, -0.1) is 0 Å². The standard InChI is InChI=1S/C11H23NO/c1-11(2,3)10-13-9-8-12-6-4-5-7-12/h4-10H2,1-3H3. The van der Waals surface area contributed by atoms with E-state index in [-0.39, 0.29) is 0 Å². The van der Waals surface area contributed by atoms with Crippen LogP contribution < -0.4 is 0 Å². The lowest BCUT2D eigenvalue weighted by Gasteiger charge is -2.20. The fourth-order valence-corrected chi connectivity index (χ4v) is 1.58. The van der Waals surface area contributed by atoms with Gasteiger partial charge in [-0.2, -0.15) is 0 Å². The highest BCUT2D eigenvalue weighted by Crippen LogP contribution is 2.13. The van der Waals surface area contributed by atoms with Crippen molar-refractivity contribution in [1.29, 1.82) is 0 Å². The third-order valence-electron chi connectivity index (χ3n) is 2.29. The minimum absolute atomic E-state index is 0.311. The number of likely N-dealkylation sites (tertiary alicyclic amines) is 1. The first kappa shape index (κ1) is 11.0. The summed E-state index contributed by atoms with van der Waals surface area (Å²) in [6, 6.07) is 0. The Kier molecular flexibility index (Phi) is 4.20. The summed E-state index contributed by atoms with van der Waals surface area (Å²) in [5, 5.41) is 0. The van der Waals surface area contributed by atoms with Crippen LogP contribution in [0.15, 0.2) is 0 Å². The van der Waals surface area contributed by atoms with Crippen molar-refractivity contribution in [3.05, 3.63) is 0 Å². The minimum Gasteiger partial charge on any atom is -0.380 e. The lowest BCUT2D eigenvalue weighted by atomic mass is 9.99. The molecule has 0 aromatic heterocycles. The second-order valence-corrected chi connectivity index (χ2v) is 5.16. The molecule has 0 atom stereocenters. The lowest BCUT2D eigenvalue weighted by Crippen LogP contribution is -2.25. The van der Waals surface area contributed by atoms with Gasteiger partial charge in [-0.3, -0.25) is 0 Å². The summed E-state index contributed by atoms with van der Waals surface area (Å²) in [7, 11) is 0. The monoisotopic (exact) mass is 185 g/mol. The molecule has 0 saturated carbocycles. The highest BCUT2D eigenvalue weighted by Gasteiger charge is 2.12. The second-order valence-electron chi connectivity index (χ2n) is 5.16. The van der Waals surface area contributed by atoms with Crippen molar-refractivity contribution in [3.63, 3.8) is 0 Å². The lowest BCUT2D eigenvalue weighted by molar-refractivity contribution is 0.0585. The Morgan fingerprint density at radius 1 is 1.15 bits per heavy atom. The zero-order valence-electron chi connectivity index (χ0n) is 9.31. The van der Waals surface area contributed by atoms with Gasteiger partial charge in [0.1, 0.15) is 0 Å². The Labute approximate surface area is 82.3 Å². The molecule has 78 valence electrons. The summed E-state index contributed by atoms with van der Waals surface area (Å²) >= 11 is 0.